The highest BCUT2D eigenvalue weighted by atomic mass is 15.0. The molecule has 0 saturated carbocycles. The number of hydrogen-bond donors (Lipinski definition) is 2. The SMILES string of the molecule is CC(C)C(CNc1cc(CN)ccn1)C(C)C. The van der Waals surface area contributed by atoms with Crippen LogP contribution in [0.15, 0.2) is 18.3 Å². The summed E-state index contributed by atoms with van der Waals surface area (Å²) >= 11 is 0. The lowest BCUT2D eigenvalue weighted by molar-refractivity contribution is 0.304. The first-order valence-electron chi connectivity index (χ1n) is 6.43. The number of anilines is 1. The molecule has 0 saturated heterocycles. The van der Waals surface area contributed by atoms with Gasteiger partial charge in [0, 0.05) is 19.3 Å². The van der Waals surface area contributed by atoms with Gasteiger partial charge in [0.05, 0.1) is 0 Å². The fraction of sp³-hybridized carbons (Fsp3) is 0.643. The van der Waals surface area contributed by atoms with Crippen LogP contribution in [-0.2, 0) is 6.54 Å². The molecule has 0 aliphatic heterocycles. The molecule has 1 aromatic heterocycles. The molecule has 96 valence electrons. The summed E-state index contributed by atoms with van der Waals surface area (Å²) in [6, 6.07) is 3.98. The summed E-state index contributed by atoms with van der Waals surface area (Å²) in [6.07, 6.45) is 1.81. The van der Waals surface area contributed by atoms with Gasteiger partial charge in [-0.2, -0.15) is 0 Å². The molecule has 0 fully saturated rings. The predicted molar refractivity (Wildman–Crippen MR) is 73.8 cm³/mol. The second-order valence-electron chi connectivity index (χ2n) is 5.29. The number of nitrogens with two attached hydrogens (primary N) is 1. The van der Waals surface area contributed by atoms with Crippen molar-refractivity contribution in [3.05, 3.63) is 23.9 Å². The van der Waals surface area contributed by atoms with E-state index in [1.807, 2.05) is 18.3 Å². The standard InChI is InChI=1S/C14H25N3/c1-10(2)13(11(3)4)9-17-14-7-12(8-15)5-6-16-14/h5-7,10-11,13H,8-9,15H2,1-4H3,(H,16,17). The summed E-state index contributed by atoms with van der Waals surface area (Å²) in [5.74, 6) is 2.96. The molecule has 0 aliphatic carbocycles. The van der Waals surface area contributed by atoms with Crippen LogP contribution in [0.25, 0.3) is 0 Å². The number of pyridine rings is 1. The summed E-state index contributed by atoms with van der Waals surface area (Å²) < 4.78 is 0. The Balaban J connectivity index is 2.59. The van der Waals surface area contributed by atoms with Crippen molar-refractivity contribution in [2.75, 3.05) is 11.9 Å². The largest absolute Gasteiger partial charge is 0.370 e. The van der Waals surface area contributed by atoms with Crippen molar-refractivity contribution in [3.8, 4) is 0 Å². The third kappa shape index (κ3) is 4.35. The number of hydrogen-bond acceptors (Lipinski definition) is 3. The number of nitrogens with one attached hydrogen (secondary N) is 1. The first-order valence-corrected chi connectivity index (χ1v) is 6.43. The Bertz CT molecular complexity index is 326. The molecule has 0 aliphatic rings. The van der Waals surface area contributed by atoms with Crippen molar-refractivity contribution in [1.82, 2.24) is 4.98 Å². The second-order valence-corrected chi connectivity index (χ2v) is 5.29. The fourth-order valence-corrected chi connectivity index (χ4v) is 2.16. The molecular weight excluding hydrogens is 210 g/mol. The second kappa shape index (κ2) is 6.60. The molecule has 0 aromatic carbocycles. The van der Waals surface area contributed by atoms with E-state index in [0.717, 1.165) is 17.9 Å². The maximum absolute atomic E-state index is 5.62. The van der Waals surface area contributed by atoms with E-state index in [2.05, 4.69) is 38.0 Å². The van der Waals surface area contributed by atoms with Crippen LogP contribution in [0.4, 0.5) is 5.82 Å². The predicted octanol–water partition coefficient (Wildman–Crippen LogP) is 2.88. The van der Waals surface area contributed by atoms with E-state index in [1.54, 1.807) is 0 Å². The lowest BCUT2D eigenvalue weighted by Gasteiger charge is -2.25. The third-order valence-electron chi connectivity index (χ3n) is 3.29. The van der Waals surface area contributed by atoms with Crippen molar-refractivity contribution < 1.29 is 0 Å². The van der Waals surface area contributed by atoms with E-state index >= 15 is 0 Å². The monoisotopic (exact) mass is 235 g/mol. The number of rotatable bonds is 6. The summed E-state index contributed by atoms with van der Waals surface area (Å²) in [5, 5.41) is 3.42. The van der Waals surface area contributed by atoms with Crippen LogP contribution in [0, 0.1) is 17.8 Å². The van der Waals surface area contributed by atoms with Crippen LogP contribution in [0.2, 0.25) is 0 Å². The molecule has 1 rings (SSSR count). The minimum atomic E-state index is 0.564. The van der Waals surface area contributed by atoms with Gasteiger partial charge in [-0.15, -0.1) is 0 Å². The van der Waals surface area contributed by atoms with Gasteiger partial charge in [0.1, 0.15) is 5.82 Å². The van der Waals surface area contributed by atoms with Gasteiger partial charge in [0.2, 0.25) is 0 Å². The maximum atomic E-state index is 5.62. The van der Waals surface area contributed by atoms with Gasteiger partial charge in [-0.3, -0.25) is 0 Å². The molecule has 0 bridgehead atoms. The fourth-order valence-electron chi connectivity index (χ4n) is 2.16. The Morgan fingerprint density at radius 2 is 1.88 bits per heavy atom. The number of aromatic nitrogens is 1. The highest BCUT2D eigenvalue weighted by Crippen LogP contribution is 2.21. The zero-order chi connectivity index (χ0) is 12.8. The normalized spacial score (nSPS) is 11.5. The first kappa shape index (κ1) is 14.0. The molecule has 1 aromatic rings. The van der Waals surface area contributed by atoms with Crippen LogP contribution < -0.4 is 11.1 Å². The Morgan fingerprint density at radius 1 is 1.24 bits per heavy atom. The van der Waals surface area contributed by atoms with Gasteiger partial charge in [0.25, 0.3) is 0 Å². The van der Waals surface area contributed by atoms with Gasteiger partial charge < -0.3 is 11.1 Å². The maximum Gasteiger partial charge on any atom is 0.126 e. The summed E-state index contributed by atoms with van der Waals surface area (Å²) in [4.78, 5) is 4.31. The molecule has 3 N–H and O–H groups in total. The molecule has 0 radical (unpaired) electrons. The number of nitrogens with zero attached hydrogens (tertiary/aromatic N) is 1. The van der Waals surface area contributed by atoms with Gasteiger partial charge in [-0.05, 0) is 35.4 Å². The van der Waals surface area contributed by atoms with Crippen LogP contribution >= 0.6 is 0 Å². The molecule has 0 amide bonds. The molecule has 0 unspecified atom stereocenters. The summed E-state index contributed by atoms with van der Waals surface area (Å²) in [7, 11) is 0. The summed E-state index contributed by atoms with van der Waals surface area (Å²) in [5.41, 5.74) is 6.73. The zero-order valence-corrected chi connectivity index (χ0v) is 11.4. The Labute approximate surface area is 105 Å². The highest BCUT2D eigenvalue weighted by Gasteiger charge is 2.17. The lowest BCUT2D eigenvalue weighted by atomic mass is 9.85. The van der Waals surface area contributed by atoms with E-state index in [9.17, 15) is 0 Å². The quantitative estimate of drug-likeness (QED) is 0.797. The molecule has 3 heteroatoms. The Hall–Kier alpha value is -1.09. The minimum absolute atomic E-state index is 0.564. The van der Waals surface area contributed by atoms with Crippen LogP contribution in [-0.4, -0.2) is 11.5 Å². The van der Waals surface area contributed by atoms with E-state index < -0.39 is 0 Å². The smallest absolute Gasteiger partial charge is 0.126 e. The molecular formula is C14H25N3. The highest BCUT2D eigenvalue weighted by molar-refractivity contribution is 5.37. The topological polar surface area (TPSA) is 50.9 Å². The van der Waals surface area contributed by atoms with Gasteiger partial charge in [0.15, 0.2) is 0 Å². The van der Waals surface area contributed by atoms with Gasteiger partial charge in [-0.1, -0.05) is 27.7 Å². The van der Waals surface area contributed by atoms with Gasteiger partial charge in [-0.25, -0.2) is 4.98 Å². The van der Waals surface area contributed by atoms with E-state index in [1.165, 1.54) is 0 Å². The van der Waals surface area contributed by atoms with Crippen molar-refractivity contribution in [1.29, 1.82) is 0 Å². The van der Waals surface area contributed by atoms with Crippen molar-refractivity contribution in [3.63, 3.8) is 0 Å². The molecule has 17 heavy (non-hydrogen) atoms. The Morgan fingerprint density at radius 3 is 2.41 bits per heavy atom. The molecule has 1 heterocycles. The summed E-state index contributed by atoms with van der Waals surface area (Å²) in [6.45, 7) is 10.6. The van der Waals surface area contributed by atoms with E-state index in [4.69, 9.17) is 5.73 Å². The van der Waals surface area contributed by atoms with Crippen molar-refractivity contribution in [2.45, 2.75) is 34.2 Å². The molecule has 3 nitrogen and oxygen atoms in total. The van der Waals surface area contributed by atoms with Crippen molar-refractivity contribution >= 4 is 5.82 Å². The zero-order valence-electron chi connectivity index (χ0n) is 11.4. The van der Waals surface area contributed by atoms with Crippen LogP contribution in [0.3, 0.4) is 0 Å². The molecule has 0 atom stereocenters. The third-order valence-corrected chi connectivity index (χ3v) is 3.29. The Kier molecular flexibility index (Phi) is 5.42. The first-order chi connectivity index (χ1) is 8.04. The minimum Gasteiger partial charge on any atom is -0.370 e. The van der Waals surface area contributed by atoms with Gasteiger partial charge >= 0.3 is 0 Å². The lowest BCUT2D eigenvalue weighted by Crippen LogP contribution is -2.24. The van der Waals surface area contributed by atoms with Crippen molar-refractivity contribution in [2.24, 2.45) is 23.5 Å². The van der Waals surface area contributed by atoms with Crippen LogP contribution in [0.5, 0.6) is 0 Å². The van der Waals surface area contributed by atoms with E-state index in [-0.39, 0.29) is 0 Å². The van der Waals surface area contributed by atoms with E-state index in [0.29, 0.717) is 24.3 Å². The average Bonchev–Trinajstić information content (AvgIpc) is 2.28. The molecule has 0 spiro atoms. The average molecular weight is 235 g/mol. The van der Waals surface area contributed by atoms with Crippen LogP contribution in [0.1, 0.15) is 33.3 Å².